The smallest absolute Gasteiger partial charge is 0.0608 e. The van der Waals surface area contributed by atoms with Crippen LogP contribution in [0.4, 0.5) is 0 Å². The van der Waals surface area contributed by atoms with Gasteiger partial charge >= 0.3 is 0 Å². The normalized spacial score (nSPS) is 81.3. The Morgan fingerprint density at radius 2 is 1.82 bits per heavy atom. The SMILES string of the molecule is OC1C2C3CC(Br)C2C2C1C32. The number of alkyl halides is 1. The molecule has 5 saturated carbocycles. The zero-order chi connectivity index (χ0) is 7.33. The summed E-state index contributed by atoms with van der Waals surface area (Å²) in [5, 5.41) is 9.83. The van der Waals surface area contributed by atoms with E-state index in [1.807, 2.05) is 0 Å². The van der Waals surface area contributed by atoms with Gasteiger partial charge in [0.05, 0.1) is 6.10 Å². The lowest BCUT2D eigenvalue weighted by atomic mass is 9.99. The van der Waals surface area contributed by atoms with Crippen molar-refractivity contribution in [2.24, 2.45) is 35.5 Å². The van der Waals surface area contributed by atoms with Crippen LogP contribution in [0.5, 0.6) is 0 Å². The Morgan fingerprint density at radius 3 is 2.27 bits per heavy atom. The van der Waals surface area contributed by atoms with Gasteiger partial charge in [0.2, 0.25) is 0 Å². The highest BCUT2D eigenvalue weighted by atomic mass is 79.9. The molecule has 0 radical (unpaired) electrons. The number of aliphatic hydroxyl groups excluding tert-OH is 1. The summed E-state index contributed by atoms with van der Waals surface area (Å²) < 4.78 is 0. The summed E-state index contributed by atoms with van der Waals surface area (Å²) in [6.07, 6.45) is 1.45. The van der Waals surface area contributed by atoms with E-state index in [9.17, 15) is 5.11 Å². The molecule has 11 heavy (non-hydrogen) atoms. The van der Waals surface area contributed by atoms with E-state index in [1.54, 1.807) is 0 Å². The van der Waals surface area contributed by atoms with Gasteiger partial charge in [-0.15, -0.1) is 0 Å². The van der Waals surface area contributed by atoms with Gasteiger partial charge in [-0.1, -0.05) is 15.9 Å². The van der Waals surface area contributed by atoms with Gasteiger partial charge in [-0.3, -0.25) is 0 Å². The second kappa shape index (κ2) is 1.44. The molecule has 1 nitrogen and oxygen atoms in total. The molecule has 2 heteroatoms. The van der Waals surface area contributed by atoms with Crippen LogP contribution in [0.15, 0.2) is 0 Å². The van der Waals surface area contributed by atoms with E-state index in [4.69, 9.17) is 0 Å². The van der Waals surface area contributed by atoms with Crippen LogP contribution < -0.4 is 0 Å². The summed E-state index contributed by atoms with van der Waals surface area (Å²) in [6.45, 7) is 0. The molecule has 8 unspecified atom stereocenters. The van der Waals surface area contributed by atoms with Crippen molar-refractivity contribution in [3.05, 3.63) is 0 Å². The van der Waals surface area contributed by atoms with Crippen molar-refractivity contribution < 1.29 is 5.11 Å². The molecule has 0 aromatic rings. The first-order valence-electron chi connectivity index (χ1n) is 4.63. The Hall–Kier alpha value is 0.440. The van der Waals surface area contributed by atoms with E-state index >= 15 is 0 Å². The zero-order valence-corrected chi connectivity index (χ0v) is 7.74. The number of halogens is 1. The predicted molar refractivity (Wildman–Crippen MR) is 44.3 cm³/mol. The third-order valence-electron chi connectivity index (χ3n) is 4.77. The average Bonchev–Trinajstić information content (AvgIpc) is 2.29. The molecular formula is C9H11BrO. The maximum absolute atomic E-state index is 9.83. The first-order valence-corrected chi connectivity index (χ1v) is 5.54. The molecule has 0 heterocycles. The van der Waals surface area contributed by atoms with E-state index in [1.165, 1.54) is 6.42 Å². The van der Waals surface area contributed by atoms with Crippen LogP contribution in [-0.2, 0) is 0 Å². The van der Waals surface area contributed by atoms with Gasteiger partial charge in [-0.2, -0.15) is 0 Å². The summed E-state index contributed by atoms with van der Waals surface area (Å²) in [5.74, 6) is 5.14. The molecule has 0 aromatic heterocycles. The van der Waals surface area contributed by atoms with Crippen molar-refractivity contribution in [3.63, 3.8) is 0 Å². The fraction of sp³-hybridized carbons (Fsp3) is 1.00. The second-order valence-corrected chi connectivity index (χ2v) is 5.97. The number of aliphatic hydroxyl groups is 1. The van der Waals surface area contributed by atoms with Crippen LogP contribution in [0.25, 0.3) is 0 Å². The Labute approximate surface area is 74.3 Å². The molecule has 5 fully saturated rings. The van der Waals surface area contributed by atoms with Gasteiger partial charge < -0.3 is 5.11 Å². The maximum atomic E-state index is 9.83. The Bertz CT molecular complexity index is 235. The number of hydrogen-bond donors (Lipinski definition) is 1. The molecule has 5 aliphatic rings. The highest BCUT2D eigenvalue weighted by Crippen LogP contribution is 2.81. The van der Waals surface area contributed by atoms with Crippen molar-refractivity contribution in [2.45, 2.75) is 17.4 Å². The van der Waals surface area contributed by atoms with Gasteiger partial charge in [-0.25, -0.2) is 0 Å². The Kier molecular flexibility index (Phi) is 0.781. The minimum Gasteiger partial charge on any atom is -0.393 e. The van der Waals surface area contributed by atoms with Crippen molar-refractivity contribution >= 4 is 15.9 Å². The quantitative estimate of drug-likeness (QED) is 0.603. The van der Waals surface area contributed by atoms with Crippen molar-refractivity contribution in [2.75, 3.05) is 0 Å². The summed E-state index contributed by atoms with van der Waals surface area (Å²) in [7, 11) is 0. The maximum Gasteiger partial charge on any atom is 0.0608 e. The van der Waals surface area contributed by atoms with Crippen molar-refractivity contribution in [1.82, 2.24) is 0 Å². The first kappa shape index (κ1) is 5.98. The molecule has 60 valence electrons. The Morgan fingerprint density at radius 1 is 1.00 bits per heavy atom. The minimum absolute atomic E-state index is 0.0996. The molecule has 0 aromatic carbocycles. The third kappa shape index (κ3) is 0.413. The van der Waals surface area contributed by atoms with E-state index in [-0.39, 0.29) is 6.10 Å². The van der Waals surface area contributed by atoms with Crippen LogP contribution in [-0.4, -0.2) is 16.0 Å². The fourth-order valence-electron chi connectivity index (χ4n) is 4.67. The highest BCUT2D eigenvalue weighted by molar-refractivity contribution is 9.09. The Balaban J connectivity index is 1.90. The van der Waals surface area contributed by atoms with E-state index in [0.717, 1.165) is 34.4 Å². The first-order chi connectivity index (χ1) is 5.30. The lowest BCUT2D eigenvalue weighted by Gasteiger charge is -2.14. The average molecular weight is 215 g/mol. The van der Waals surface area contributed by atoms with Gasteiger partial charge in [0.15, 0.2) is 0 Å². The van der Waals surface area contributed by atoms with Gasteiger partial charge in [-0.05, 0) is 41.9 Å². The summed E-state index contributed by atoms with van der Waals surface area (Å²) in [5.41, 5.74) is 0. The third-order valence-corrected chi connectivity index (χ3v) is 5.76. The van der Waals surface area contributed by atoms with Crippen molar-refractivity contribution in [1.29, 1.82) is 0 Å². The molecular weight excluding hydrogens is 204 g/mol. The fourth-order valence-corrected chi connectivity index (χ4v) is 5.81. The van der Waals surface area contributed by atoms with Crippen molar-refractivity contribution in [3.8, 4) is 0 Å². The van der Waals surface area contributed by atoms with E-state index < -0.39 is 0 Å². The molecule has 8 atom stereocenters. The van der Waals surface area contributed by atoms with Crippen LogP contribution in [0.1, 0.15) is 6.42 Å². The van der Waals surface area contributed by atoms with E-state index in [2.05, 4.69) is 15.9 Å². The standard InChI is InChI=1S/C9H11BrO/c10-3-1-2-4-7-6(3)5(2)9(11)8(4)7/h2-9,11H,1H2. The molecule has 0 saturated heterocycles. The van der Waals surface area contributed by atoms with Crippen LogP contribution in [0.2, 0.25) is 0 Å². The molecule has 5 aliphatic carbocycles. The summed E-state index contributed by atoms with van der Waals surface area (Å²) in [6, 6.07) is 0. The number of rotatable bonds is 0. The lowest BCUT2D eigenvalue weighted by molar-refractivity contribution is 0.120. The topological polar surface area (TPSA) is 20.2 Å². The second-order valence-electron chi connectivity index (χ2n) is 4.79. The van der Waals surface area contributed by atoms with Crippen LogP contribution in [0.3, 0.4) is 0 Å². The highest BCUT2D eigenvalue weighted by Gasteiger charge is 2.81. The van der Waals surface area contributed by atoms with Gasteiger partial charge in [0.25, 0.3) is 0 Å². The molecule has 0 aliphatic heterocycles. The largest absolute Gasteiger partial charge is 0.393 e. The summed E-state index contributed by atoms with van der Waals surface area (Å²) >= 11 is 3.75. The van der Waals surface area contributed by atoms with Crippen LogP contribution in [0, 0.1) is 35.5 Å². The monoisotopic (exact) mass is 214 g/mol. The summed E-state index contributed by atoms with van der Waals surface area (Å²) in [4.78, 5) is 0.751. The zero-order valence-electron chi connectivity index (χ0n) is 6.15. The lowest BCUT2D eigenvalue weighted by Crippen LogP contribution is -2.17. The molecule has 6 bridgehead atoms. The molecule has 0 amide bonds. The van der Waals surface area contributed by atoms with E-state index in [0.29, 0.717) is 5.92 Å². The van der Waals surface area contributed by atoms with Gasteiger partial charge in [0, 0.05) is 4.83 Å². The molecule has 5 rings (SSSR count). The predicted octanol–water partition coefficient (Wildman–Crippen LogP) is 1.25. The molecule has 1 N–H and O–H groups in total. The minimum atomic E-state index is 0.0996. The molecule has 0 spiro atoms. The van der Waals surface area contributed by atoms with Crippen LogP contribution >= 0.6 is 15.9 Å². The van der Waals surface area contributed by atoms with Gasteiger partial charge in [0.1, 0.15) is 0 Å². The number of hydrogen-bond acceptors (Lipinski definition) is 1.